The fourth-order valence-electron chi connectivity index (χ4n) is 2.83. The number of nitrogens with zero attached hydrogens (tertiary/aromatic N) is 2. The lowest BCUT2D eigenvalue weighted by molar-refractivity contribution is 0.0827. The Labute approximate surface area is 121 Å². The van der Waals surface area contributed by atoms with Gasteiger partial charge in [-0.15, -0.1) is 0 Å². The summed E-state index contributed by atoms with van der Waals surface area (Å²) in [4.78, 5) is 16.0. The van der Waals surface area contributed by atoms with Crippen LogP contribution in [0.3, 0.4) is 0 Å². The first kappa shape index (κ1) is 14.7. The highest BCUT2D eigenvalue weighted by Gasteiger charge is 2.21. The van der Waals surface area contributed by atoms with Gasteiger partial charge < -0.3 is 15.5 Å². The summed E-state index contributed by atoms with van der Waals surface area (Å²) < 4.78 is 0. The second-order valence-electron chi connectivity index (χ2n) is 5.84. The van der Waals surface area contributed by atoms with Crippen molar-refractivity contribution in [2.45, 2.75) is 26.2 Å². The maximum absolute atomic E-state index is 12.1. The maximum atomic E-state index is 12.1. The van der Waals surface area contributed by atoms with E-state index in [9.17, 15) is 4.79 Å². The first-order valence-electron chi connectivity index (χ1n) is 7.39. The zero-order valence-corrected chi connectivity index (χ0v) is 12.7. The Bertz CT molecular complexity index is 485. The zero-order valence-electron chi connectivity index (χ0n) is 12.7. The van der Waals surface area contributed by atoms with Crippen LogP contribution in [-0.4, -0.2) is 38.0 Å². The lowest BCUT2D eigenvalue weighted by atomic mass is 9.95. The van der Waals surface area contributed by atoms with Crippen LogP contribution < -0.4 is 10.6 Å². The summed E-state index contributed by atoms with van der Waals surface area (Å²) in [5.74, 6) is 0.756. The van der Waals surface area contributed by atoms with Crippen molar-refractivity contribution in [3.8, 4) is 0 Å². The third kappa shape index (κ3) is 3.06. The van der Waals surface area contributed by atoms with Crippen LogP contribution in [-0.2, 0) is 0 Å². The van der Waals surface area contributed by atoms with Gasteiger partial charge in [0.05, 0.1) is 11.4 Å². The zero-order chi connectivity index (χ0) is 14.7. The van der Waals surface area contributed by atoms with Crippen LogP contribution in [0.1, 0.15) is 36.5 Å². The normalized spacial score (nSPS) is 18.9. The van der Waals surface area contributed by atoms with E-state index in [-0.39, 0.29) is 5.91 Å². The van der Waals surface area contributed by atoms with Gasteiger partial charge in [0, 0.05) is 32.7 Å². The van der Waals surface area contributed by atoms with Gasteiger partial charge in [0.2, 0.25) is 0 Å². The second-order valence-corrected chi connectivity index (χ2v) is 5.84. The monoisotopic (exact) mass is 275 g/mol. The van der Waals surface area contributed by atoms with E-state index in [0.717, 1.165) is 30.4 Å². The van der Waals surface area contributed by atoms with Crippen molar-refractivity contribution in [2.24, 2.45) is 5.92 Å². The lowest BCUT2D eigenvalue weighted by Gasteiger charge is -2.35. The van der Waals surface area contributed by atoms with Gasteiger partial charge in [-0.05, 0) is 37.0 Å². The predicted molar refractivity (Wildman–Crippen MR) is 84.1 cm³/mol. The van der Waals surface area contributed by atoms with Crippen LogP contribution in [0.2, 0.25) is 0 Å². The van der Waals surface area contributed by atoms with Crippen molar-refractivity contribution in [3.05, 3.63) is 23.8 Å². The Hall–Kier alpha value is -1.71. The average Bonchev–Trinajstić information content (AvgIpc) is 2.47. The van der Waals surface area contributed by atoms with Gasteiger partial charge in [-0.1, -0.05) is 13.3 Å². The van der Waals surface area contributed by atoms with Crippen molar-refractivity contribution in [3.63, 3.8) is 0 Å². The standard InChI is InChI=1S/C16H25N3O/c1-4-12-6-5-9-19(11-12)15-10-13(7-8-14(15)17)16(20)18(2)3/h7-8,10,12H,4-6,9,11,17H2,1-3H3. The maximum Gasteiger partial charge on any atom is 0.253 e. The van der Waals surface area contributed by atoms with Gasteiger partial charge in [-0.2, -0.15) is 0 Å². The number of hydrogen-bond acceptors (Lipinski definition) is 3. The summed E-state index contributed by atoms with van der Waals surface area (Å²) in [6.07, 6.45) is 3.69. The molecule has 0 aliphatic carbocycles. The molecule has 0 spiro atoms. The number of carbonyl (C=O) groups excluding carboxylic acids is 1. The van der Waals surface area contributed by atoms with E-state index in [1.165, 1.54) is 19.3 Å². The Kier molecular flexibility index (Phi) is 4.53. The molecule has 1 aromatic carbocycles. The molecule has 20 heavy (non-hydrogen) atoms. The first-order chi connectivity index (χ1) is 9.52. The van der Waals surface area contributed by atoms with Crippen LogP contribution in [0.15, 0.2) is 18.2 Å². The molecule has 4 heteroatoms. The number of amides is 1. The molecule has 0 bridgehead atoms. The van der Waals surface area contributed by atoms with Crippen LogP contribution in [0.25, 0.3) is 0 Å². The van der Waals surface area contributed by atoms with Gasteiger partial charge in [-0.3, -0.25) is 4.79 Å². The van der Waals surface area contributed by atoms with E-state index >= 15 is 0 Å². The number of carbonyl (C=O) groups is 1. The highest BCUT2D eigenvalue weighted by atomic mass is 16.2. The van der Waals surface area contributed by atoms with Crippen molar-refractivity contribution >= 4 is 17.3 Å². The summed E-state index contributed by atoms with van der Waals surface area (Å²) in [6, 6.07) is 5.60. The van der Waals surface area contributed by atoms with E-state index in [4.69, 9.17) is 5.73 Å². The molecule has 0 radical (unpaired) electrons. The SMILES string of the molecule is CCC1CCCN(c2cc(C(=O)N(C)C)ccc2N)C1. The van der Waals surface area contributed by atoms with Crippen LogP contribution in [0.4, 0.5) is 11.4 Å². The number of anilines is 2. The Balaban J connectivity index is 2.26. The Morgan fingerprint density at radius 1 is 1.45 bits per heavy atom. The highest BCUT2D eigenvalue weighted by Crippen LogP contribution is 2.30. The molecule has 1 amide bonds. The fraction of sp³-hybridized carbons (Fsp3) is 0.562. The van der Waals surface area contributed by atoms with Crippen molar-refractivity contribution < 1.29 is 4.79 Å². The lowest BCUT2D eigenvalue weighted by Crippen LogP contribution is -2.35. The molecular formula is C16H25N3O. The smallest absolute Gasteiger partial charge is 0.253 e. The van der Waals surface area contributed by atoms with Crippen LogP contribution >= 0.6 is 0 Å². The number of benzene rings is 1. The summed E-state index contributed by atoms with van der Waals surface area (Å²) in [6.45, 7) is 4.31. The Morgan fingerprint density at radius 3 is 2.85 bits per heavy atom. The van der Waals surface area contributed by atoms with Gasteiger partial charge in [-0.25, -0.2) is 0 Å². The molecule has 0 aromatic heterocycles. The van der Waals surface area contributed by atoms with Gasteiger partial charge >= 0.3 is 0 Å². The van der Waals surface area contributed by atoms with E-state index in [2.05, 4.69) is 11.8 Å². The molecule has 1 aromatic rings. The molecule has 2 N–H and O–H groups in total. The molecule has 1 saturated heterocycles. The minimum atomic E-state index is 0.0234. The second kappa shape index (κ2) is 6.16. The largest absolute Gasteiger partial charge is 0.397 e. The van der Waals surface area contributed by atoms with Gasteiger partial charge in [0.25, 0.3) is 5.91 Å². The summed E-state index contributed by atoms with van der Waals surface area (Å²) in [5.41, 5.74) is 8.59. The average molecular weight is 275 g/mol. The van der Waals surface area contributed by atoms with Gasteiger partial charge in [0.15, 0.2) is 0 Å². The summed E-state index contributed by atoms with van der Waals surface area (Å²) in [7, 11) is 3.54. The third-order valence-corrected chi connectivity index (χ3v) is 4.12. The van der Waals surface area contributed by atoms with E-state index in [1.807, 2.05) is 18.2 Å². The number of hydrogen-bond donors (Lipinski definition) is 1. The summed E-state index contributed by atoms with van der Waals surface area (Å²) in [5, 5.41) is 0. The van der Waals surface area contributed by atoms with Crippen molar-refractivity contribution in [1.82, 2.24) is 4.90 Å². The minimum Gasteiger partial charge on any atom is -0.397 e. The van der Waals surface area contributed by atoms with E-state index in [0.29, 0.717) is 5.56 Å². The molecule has 2 rings (SSSR count). The number of rotatable bonds is 3. The topological polar surface area (TPSA) is 49.6 Å². The molecule has 1 heterocycles. The van der Waals surface area contributed by atoms with E-state index in [1.54, 1.807) is 19.0 Å². The number of nitrogens with two attached hydrogens (primary N) is 1. The fourth-order valence-corrected chi connectivity index (χ4v) is 2.83. The molecule has 1 unspecified atom stereocenters. The molecule has 110 valence electrons. The summed E-state index contributed by atoms with van der Waals surface area (Å²) >= 11 is 0. The van der Waals surface area contributed by atoms with Crippen molar-refractivity contribution in [2.75, 3.05) is 37.8 Å². The predicted octanol–water partition coefficient (Wildman–Crippen LogP) is 2.60. The van der Waals surface area contributed by atoms with Crippen molar-refractivity contribution in [1.29, 1.82) is 0 Å². The highest BCUT2D eigenvalue weighted by molar-refractivity contribution is 5.96. The number of nitrogen functional groups attached to an aromatic ring is 1. The Morgan fingerprint density at radius 2 is 2.20 bits per heavy atom. The van der Waals surface area contributed by atoms with E-state index < -0.39 is 0 Å². The van der Waals surface area contributed by atoms with Gasteiger partial charge in [0.1, 0.15) is 0 Å². The third-order valence-electron chi connectivity index (χ3n) is 4.12. The minimum absolute atomic E-state index is 0.0234. The molecular weight excluding hydrogens is 250 g/mol. The molecule has 4 nitrogen and oxygen atoms in total. The van der Waals surface area contributed by atoms with Crippen LogP contribution in [0, 0.1) is 5.92 Å². The molecule has 1 fully saturated rings. The number of piperidine rings is 1. The quantitative estimate of drug-likeness (QED) is 0.863. The molecule has 1 aliphatic rings. The first-order valence-corrected chi connectivity index (χ1v) is 7.39. The van der Waals surface area contributed by atoms with Crippen LogP contribution in [0.5, 0.6) is 0 Å². The molecule has 0 saturated carbocycles. The molecule has 1 atom stereocenters. The molecule has 1 aliphatic heterocycles.